The summed E-state index contributed by atoms with van der Waals surface area (Å²) in [6.07, 6.45) is 0. The minimum absolute atomic E-state index is 0.403. The number of alkyl halides is 1. The van der Waals surface area contributed by atoms with Crippen LogP contribution in [-0.4, -0.2) is 54.9 Å². The lowest BCUT2D eigenvalue weighted by atomic mass is 10.2. The quantitative estimate of drug-likeness (QED) is 0.630. The van der Waals surface area contributed by atoms with Crippen LogP contribution in [0.15, 0.2) is 0 Å². The van der Waals surface area contributed by atoms with Crippen LogP contribution >= 0.6 is 11.6 Å². The van der Waals surface area contributed by atoms with Gasteiger partial charge in [0.1, 0.15) is 5.38 Å². The van der Waals surface area contributed by atoms with E-state index in [0.717, 1.165) is 13.1 Å². The van der Waals surface area contributed by atoms with Crippen LogP contribution in [0.1, 0.15) is 13.8 Å². The fourth-order valence-electron chi connectivity index (χ4n) is 1.51. The molecule has 2 atom stereocenters. The number of rotatable bonds is 6. The van der Waals surface area contributed by atoms with E-state index in [1.54, 1.807) is 0 Å². The molecule has 0 saturated carbocycles. The zero-order valence-electron chi connectivity index (χ0n) is 9.50. The second-order valence-corrected chi connectivity index (χ2v) is 4.32. The molecule has 0 amide bonds. The molecule has 0 fully saturated rings. The van der Waals surface area contributed by atoms with E-state index in [2.05, 4.69) is 23.6 Å². The summed E-state index contributed by atoms with van der Waals surface area (Å²) in [6, 6.07) is 2.48. The van der Waals surface area contributed by atoms with Crippen molar-refractivity contribution in [2.75, 3.05) is 33.7 Å². The number of likely N-dealkylation sites (N-methyl/N-ethyl adjacent to an activating group) is 2. The van der Waals surface area contributed by atoms with Crippen molar-refractivity contribution in [1.82, 2.24) is 9.80 Å². The Bertz CT molecular complexity index is 188. The van der Waals surface area contributed by atoms with Crippen LogP contribution in [-0.2, 0) is 0 Å². The molecule has 0 aromatic heterocycles. The van der Waals surface area contributed by atoms with Gasteiger partial charge >= 0.3 is 0 Å². The van der Waals surface area contributed by atoms with E-state index in [0.29, 0.717) is 12.6 Å². The monoisotopic (exact) mass is 217 g/mol. The van der Waals surface area contributed by atoms with Gasteiger partial charge in [-0.25, -0.2) is 0 Å². The fourth-order valence-corrected chi connectivity index (χ4v) is 1.69. The van der Waals surface area contributed by atoms with Gasteiger partial charge in [0.2, 0.25) is 0 Å². The Hall–Kier alpha value is -0.300. The summed E-state index contributed by atoms with van der Waals surface area (Å²) in [6.45, 7) is 6.81. The SMILES string of the molecule is CCN(CC(Cl)C#N)C(C)CN(C)C. The van der Waals surface area contributed by atoms with Gasteiger partial charge in [0.25, 0.3) is 0 Å². The Balaban J connectivity index is 4.06. The minimum atomic E-state index is -0.403. The predicted molar refractivity (Wildman–Crippen MR) is 60.5 cm³/mol. The van der Waals surface area contributed by atoms with Gasteiger partial charge < -0.3 is 4.90 Å². The van der Waals surface area contributed by atoms with Gasteiger partial charge in [0.05, 0.1) is 6.07 Å². The molecule has 4 heteroatoms. The first-order valence-electron chi connectivity index (χ1n) is 4.93. The van der Waals surface area contributed by atoms with Crippen molar-refractivity contribution in [1.29, 1.82) is 5.26 Å². The molecule has 14 heavy (non-hydrogen) atoms. The molecule has 3 nitrogen and oxygen atoms in total. The molecule has 0 bridgehead atoms. The Morgan fingerprint density at radius 3 is 2.29 bits per heavy atom. The highest BCUT2D eigenvalue weighted by atomic mass is 35.5. The van der Waals surface area contributed by atoms with Gasteiger partial charge in [-0.2, -0.15) is 5.26 Å². The molecule has 0 radical (unpaired) electrons. The summed E-state index contributed by atoms with van der Waals surface area (Å²) < 4.78 is 0. The lowest BCUT2D eigenvalue weighted by molar-refractivity contribution is 0.186. The maximum atomic E-state index is 8.62. The first kappa shape index (κ1) is 13.7. The molecule has 0 rings (SSSR count). The molecule has 2 unspecified atom stereocenters. The molecule has 0 aliphatic carbocycles. The third-order valence-electron chi connectivity index (χ3n) is 2.19. The molecular formula is C10H20ClN3. The van der Waals surface area contributed by atoms with Gasteiger partial charge in [-0.3, -0.25) is 4.90 Å². The normalized spacial score (nSPS) is 15.6. The summed E-state index contributed by atoms with van der Waals surface area (Å²) >= 11 is 5.80. The van der Waals surface area contributed by atoms with Crippen molar-refractivity contribution in [3.05, 3.63) is 0 Å². The number of nitrogens with zero attached hydrogens (tertiary/aromatic N) is 3. The Morgan fingerprint density at radius 1 is 1.36 bits per heavy atom. The molecular weight excluding hydrogens is 198 g/mol. The molecule has 0 aliphatic heterocycles. The van der Waals surface area contributed by atoms with Crippen molar-refractivity contribution in [2.24, 2.45) is 0 Å². The Kier molecular flexibility index (Phi) is 6.90. The fraction of sp³-hybridized carbons (Fsp3) is 0.900. The maximum Gasteiger partial charge on any atom is 0.133 e. The number of nitriles is 1. The average Bonchev–Trinajstić information content (AvgIpc) is 2.12. The lowest BCUT2D eigenvalue weighted by Gasteiger charge is -2.30. The first-order chi connectivity index (χ1) is 6.51. The third-order valence-corrected chi connectivity index (χ3v) is 2.43. The van der Waals surface area contributed by atoms with Gasteiger partial charge in [0.15, 0.2) is 0 Å². The van der Waals surface area contributed by atoms with Gasteiger partial charge in [-0.05, 0) is 27.6 Å². The first-order valence-corrected chi connectivity index (χ1v) is 5.37. The van der Waals surface area contributed by atoms with Crippen molar-refractivity contribution < 1.29 is 0 Å². The van der Waals surface area contributed by atoms with Gasteiger partial charge in [0, 0.05) is 19.1 Å². The van der Waals surface area contributed by atoms with Crippen LogP contribution in [0.4, 0.5) is 0 Å². The summed E-state index contributed by atoms with van der Waals surface area (Å²) in [7, 11) is 4.10. The molecule has 0 saturated heterocycles. The van der Waals surface area contributed by atoms with Crippen LogP contribution in [0, 0.1) is 11.3 Å². The van der Waals surface area contributed by atoms with Gasteiger partial charge in [-0.1, -0.05) is 6.92 Å². The van der Waals surface area contributed by atoms with Crippen LogP contribution in [0.5, 0.6) is 0 Å². The van der Waals surface area contributed by atoms with E-state index >= 15 is 0 Å². The van der Waals surface area contributed by atoms with Gasteiger partial charge in [-0.15, -0.1) is 11.6 Å². The Labute approximate surface area is 92.2 Å². The summed E-state index contributed by atoms with van der Waals surface area (Å²) in [5.74, 6) is 0. The molecule has 0 aromatic carbocycles. The highest BCUT2D eigenvalue weighted by molar-refractivity contribution is 6.22. The van der Waals surface area contributed by atoms with E-state index in [9.17, 15) is 0 Å². The number of hydrogen-bond acceptors (Lipinski definition) is 3. The molecule has 0 N–H and O–H groups in total. The standard InChI is InChI=1S/C10H20ClN3/c1-5-14(8-10(11)6-12)9(2)7-13(3)4/h9-10H,5,7-8H2,1-4H3. The van der Waals surface area contributed by atoms with Crippen LogP contribution in [0.25, 0.3) is 0 Å². The minimum Gasteiger partial charge on any atom is -0.308 e. The summed E-state index contributed by atoms with van der Waals surface area (Å²) in [5, 5.41) is 8.22. The lowest BCUT2D eigenvalue weighted by Crippen LogP contribution is -2.42. The zero-order chi connectivity index (χ0) is 11.1. The second kappa shape index (κ2) is 7.05. The van der Waals surface area contributed by atoms with Crippen LogP contribution in [0.3, 0.4) is 0 Å². The molecule has 0 aliphatic rings. The number of halogens is 1. The van der Waals surface area contributed by atoms with Crippen LogP contribution in [0.2, 0.25) is 0 Å². The largest absolute Gasteiger partial charge is 0.308 e. The third kappa shape index (κ3) is 5.43. The zero-order valence-corrected chi connectivity index (χ0v) is 10.3. The van der Waals surface area contributed by atoms with Crippen molar-refractivity contribution in [2.45, 2.75) is 25.3 Å². The maximum absolute atomic E-state index is 8.62. The average molecular weight is 218 g/mol. The smallest absolute Gasteiger partial charge is 0.133 e. The highest BCUT2D eigenvalue weighted by Crippen LogP contribution is 2.04. The van der Waals surface area contributed by atoms with E-state index in [4.69, 9.17) is 16.9 Å². The molecule has 82 valence electrons. The van der Waals surface area contributed by atoms with E-state index < -0.39 is 5.38 Å². The molecule has 0 heterocycles. The molecule has 0 aromatic rings. The number of hydrogen-bond donors (Lipinski definition) is 0. The summed E-state index contributed by atoms with van der Waals surface area (Å²) in [4.78, 5) is 4.36. The Morgan fingerprint density at radius 2 is 1.93 bits per heavy atom. The second-order valence-electron chi connectivity index (χ2n) is 3.80. The van der Waals surface area contributed by atoms with E-state index in [1.165, 1.54) is 0 Å². The van der Waals surface area contributed by atoms with Crippen LogP contribution < -0.4 is 0 Å². The van der Waals surface area contributed by atoms with E-state index in [1.807, 2.05) is 20.2 Å². The van der Waals surface area contributed by atoms with E-state index in [-0.39, 0.29) is 0 Å². The topological polar surface area (TPSA) is 30.3 Å². The molecule has 0 spiro atoms. The predicted octanol–water partition coefficient (Wildman–Crippen LogP) is 1.39. The summed E-state index contributed by atoms with van der Waals surface area (Å²) in [5.41, 5.74) is 0. The van der Waals surface area contributed by atoms with Crippen molar-refractivity contribution in [3.63, 3.8) is 0 Å². The highest BCUT2D eigenvalue weighted by Gasteiger charge is 2.16. The van der Waals surface area contributed by atoms with Crippen molar-refractivity contribution >= 4 is 11.6 Å². The van der Waals surface area contributed by atoms with Crippen molar-refractivity contribution in [3.8, 4) is 6.07 Å².